The van der Waals surface area contributed by atoms with Crippen molar-refractivity contribution >= 4 is 12.6 Å². The first kappa shape index (κ1) is 8.85. The van der Waals surface area contributed by atoms with Crippen molar-refractivity contribution in [2.75, 3.05) is 0 Å². The number of hydrogen-bond acceptors (Lipinski definition) is 3. The van der Waals surface area contributed by atoms with Crippen LogP contribution >= 0.6 is 0 Å². The molecule has 0 aromatic heterocycles. The van der Waals surface area contributed by atoms with Crippen LogP contribution < -0.4 is 5.11 Å². The third-order valence-electron chi connectivity index (χ3n) is 0. The summed E-state index contributed by atoms with van der Waals surface area (Å²) in [4.78, 5) is 16.5. The second-order valence-corrected chi connectivity index (χ2v) is 0.188. The smallest absolute Gasteiger partial charge is 0.0275 e. The Hall–Kier alpha value is -1.15. The third-order valence-corrected chi connectivity index (χ3v) is 0. The monoisotopic (exact) mass is 87.0 g/mol. The number of carboxylic acid groups (broad SMARTS) is 1. The van der Waals surface area contributed by atoms with Crippen LogP contribution in [0, 0.1) is 0 Å². The molecule has 0 unspecified atom stereocenters. The lowest BCUT2D eigenvalue weighted by Gasteiger charge is -1.52. The van der Waals surface area contributed by atoms with Crippen LogP contribution in [0.15, 0.2) is 0 Å². The van der Waals surface area contributed by atoms with Crippen LogP contribution in [0.25, 0.3) is 5.41 Å². The molecule has 0 amide bonds. The van der Waals surface area contributed by atoms with Crippen LogP contribution in [0.1, 0.15) is 0 Å². The minimum Gasteiger partial charge on any atom is -0.724 e. The lowest BCUT2D eigenvalue weighted by atomic mass is 11.7. The Morgan fingerprint density at radius 3 is 1.83 bits per heavy atom. The molecule has 0 radical (unpaired) electrons. The molecule has 0 saturated carbocycles. The molecule has 0 rings (SSSR count). The minimum atomic E-state index is -0.500. The van der Waals surface area contributed by atoms with E-state index in [4.69, 9.17) is 20.1 Å². The first-order valence-corrected chi connectivity index (χ1v) is 0.899. The first-order valence-electron chi connectivity index (χ1n) is 0.899. The molecule has 0 aromatic carbocycles. The van der Waals surface area contributed by atoms with Gasteiger partial charge < -0.3 is 15.3 Å². The van der Waals surface area contributed by atoms with Crippen molar-refractivity contribution in [2.45, 2.75) is 0 Å². The molecule has 0 aromatic rings. The standard InChI is InChI=1S/CNO.CH2O2/c2*2-1-3/h;1H,(H,2,3)/q-1;/p-1. The number of rotatable bonds is 0. The van der Waals surface area contributed by atoms with E-state index in [9.17, 15) is 0 Å². The number of hydrogen-bond donors (Lipinski definition) is 0. The fraction of sp³-hybridized carbons (Fsp3) is 0. The molecule has 0 aliphatic heterocycles. The maximum absolute atomic E-state index is 8.25. The Balaban J connectivity index is 0. The van der Waals surface area contributed by atoms with Crippen LogP contribution in [0.2, 0.25) is 0 Å². The number of isocyanates is 1. The highest BCUT2D eigenvalue weighted by molar-refractivity contribution is 5.36. The van der Waals surface area contributed by atoms with Gasteiger partial charge in [-0.3, -0.25) is 4.79 Å². The Labute approximate surface area is 33.9 Å². The number of carbonyl (C=O) groups is 1. The fourth-order valence-electron chi connectivity index (χ4n) is 0. The van der Waals surface area contributed by atoms with Crippen molar-refractivity contribution in [1.82, 2.24) is 0 Å². The Morgan fingerprint density at radius 2 is 1.83 bits per heavy atom. The van der Waals surface area contributed by atoms with Crippen molar-refractivity contribution < 1.29 is 14.7 Å². The van der Waals surface area contributed by atoms with E-state index in [2.05, 4.69) is 0 Å². The zero-order chi connectivity index (χ0) is 5.41. The Kier molecular flexibility index (Phi) is 63.8. The van der Waals surface area contributed by atoms with Crippen molar-refractivity contribution in [3.05, 3.63) is 5.41 Å². The van der Waals surface area contributed by atoms with Gasteiger partial charge in [0.25, 0.3) is 0 Å². The third kappa shape index (κ3) is 7.38. The topological polar surface area (TPSA) is 79.5 Å². The van der Waals surface area contributed by atoms with Crippen LogP contribution in [-0.4, -0.2) is 12.6 Å². The lowest BCUT2D eigenvalue weighted by Crippen LogP contribution is -2.01. The molecule has 0 aliphatic rings. The molecule has 0 spiro atoms. The largest absolute Gasteiger partial charge is 0.724 e. The zero-order valence-electron chi connectivity index (χ0n) is 2.75. The van der Waals surface area contributed by atoms with Crippen molar-refractivity contribution in [3.8, 4) is 0 Å². The molecule has 0 saturated heterocycles. The lowest BCUT2D eigenvalue weighted by molar-refractivity contribution is -0.283. The molecule has 0 fully saturated rings. The molecular formula is C2HNO3-2. The minimum absolute atomic E-state index is 0.500. The summed E-state index contributed by atoms with van der Waals surface area (Å²) in [6, 6.07) is 0. The van der Waals surface area contributed by atoms with Crippen molar-refractivity contribution in [3.63, 3.8) is 0 Å². The molecule has 0 N–H and O–H groups in total. The summed E-state index contributed by atoms with van der Waals surface area (Å²) in [5, 5.41) is 15.0. The van der Waals surface area contributed by atoms with Gasteiger partial charge in [0.2, 0.25) is 0 Å². The van der Waals surface area contributed by atoms with Crippen LogP contribution in [0.5, 0.6) is 0 Å². The normalized spacial score (nSPS) is 3.33. The van der Waals surface area contributed by atoms with Gasteiger partial charge in [-0.25, -0.2) is 0 Å². The maximum Gasteiger partial charge on any atom is 0.0275 e. The van der Waals surface area contributed by atoms with E-state index in [0.29, 0.717) is 6.08 Å². The highest BCUT2D eigenvalue weighted by Gasteiger charge is 0.996. The van der Waals surface area contributed by atoms with E-state index >= 15 is 0 Å². The van der Waals surface area contributed by atoms with Crippen LogP contribution in [-0.2, 0) is 9.59 Å². The molecule has 0 aliphatic carbocycles. The predicted octanol–water partition coefficient (Wildman–Crippen LogP) is -1.74. The number of carbonyl (C=O) groups excluding carboxylic acids is 2. The number of nitrogens with zero attached hydrogens (tertiary/aromatic N) is 1. The molecule has 4 nitrogen and oxygen atoms in total. The summed E-state index contributed by atoms with van der Waals surface area (Å²) < 4.78 is 0. The second kappa shape index (κ2) is 43.3. The van der Waals surface area contributed by atoms with Gasteiger partial charge in [0.15, 0.2) is 0 Å². The highest BCUT2D eigenvalue weighted by Crippen LogP contribution is 0.949. The summed E-state index contributed by atoms with van der Waals surface area (Å²) in [6.07, 6.45) is 0.500. The summed E-state index contributed by atoms with van der Waals surface area (Å²) in [7, 11) is 0. The quantitative estimate of drug-likeness (QED) is 0.200. The van der Waals surface area contributed by atoms with Gasteiger partial charge >= 0.3 is 0 Å². The second-order valence-electron chi connectivity index (χ2n) is 0.188. The Morgan fingerprint density at radius 1 is 1.83 bits per heavy atom. The van der Waals surface area contributed by atoms with E-state index in [-0.39, 0.29) is 0 Å². The molecule has 34 valence electrons. The first-order chi connectivity index (χ1) is 2.83. The van der Waals surface area contributed by atoms with Gasteiger partial charge in [-0.05, 0) is 6.08 Å². The molecule has 0 heterocycles. The zero-order valence-corrected chi connectivity index (χ0v) is 2.75. The van der Waals surface area contributed by atoms with E-state index in [1.807, 2.05) is 0 Å². The molecule has 4 heteroatoms. The van der Waals surface area contributed by atoms with Gasteiger partial charge in [0.1, 0.15) is 0 Å². The summed E-state index contributed by atoms with van der Waals surface area (Å²) in [5.41, 5.74) is 0. The predicted molar refractivity (Wildman–Crippen MR) is 15.1 cm³/mol. The highest BCUT2D eigenvalue weighted by atomic mass is 16.3. The fourth-order valence-corrected chi connectivity index (χ4v) is 0. The SMILES string of the molecule is O=C[O-].[N-]=C=O. The van der Waals surface area contributed by atoms with Gasteiger partial charge in [-0.2, -0.15) is 0 Å². The van der Waals surface area contributed by atoms with Crippen LogP contribution in [0.3, 0.4) is 0 Å². The van der Waals surface area contributed by atoms with Gasteiger partial charge in [-0.15, -0.1) is 0 Å². The molecule has 0 atom stereocenters. The summed E-state index contributed by atoms with van der Waals surface area (Å²) in [5.74, 6) is 0. The molecular weight excluding hydrogens is 86.0 g/mol. The van der Waals surface area contributed by atoms with Gasteiger partial charge in [-0.1, -0.05) is 0 Å². The Bertz CT molecular complexity index is 53.8. The summed E-state index contributed by atoms with van der Waals surface area (Å²) in [6.45, 7) is -0.500. The molecule has 0 bridgehead atoms. The van der Waals surface area contributed by atoms with E-state index in [1.54, 1.807) is 0 Å². The van der Waals surface area contributed by atoms with Crippen molar-refractivity contribution in [2.24, 2.45) is 0 Å². The molecule has 6 heavy (non-hydrogen) atoms. The van der Waals surface area contributed by atoms with E-state index in [0.717, 1.165) is 0 Å². The van der Waals surface area contributed by atoms with Gasteiger partial charge in [0, 0.05) is 6.47 Å². The van der Waals surface area contributed by atoms with Gasteiger partial charge in [0.05, 0.1) is 0 Å². The average Bonchev–Trinajstić information content (AvgIpc) is 1.39. The van der Waals surface area contributed by atoms with Crippen LogP contribution in [0.4, 0.5) is 0 Å². The van der Waals surface area contributed by atoms with Crippen molar-refractivity contribution in [1.29, 1.82) is 0 Å². The van der Waals surface area contributed by atoms with E-state index < -0.39 is 6.47 Å². The van der Waals surface area contributed by atoms with E-state index in [1.165, 1.54) is 0 Å². The maximum atomic E-state index is 8.25. The summed E-state index contributed by atoms with van der Waals surface area (Å²) >= 11 is 0. The average molecular weight is 87.0 g/mol.